The molecule has 0 aromatic rings. The Kier molecular flexibility index (Phi) is 4.09. The van der Waals surface area contributed by atoms with Crippen molar-refractivity contribution in [1.29, 1.82) is 0 Å². The van der Waals surface area contributed by atoms with Gasteiger partial charge < -0.3 is 34.3 Å². The summed E-state index contributed by atoms with van der Waals surface area (Å²) in [6.07, 6.45) is 0.491. The zero-order chi connectivity index (χ0) is 27.8. The summed E-state index contributed by atoms with van der Waals surface area (Å²) in [5, 5.41) is 35.6. The Morgan fingerprint density at radius 3 is 2.54 bits per heavy atom. The zero-order valence-corrected chi connectivity index (χ0v) is 22.0. The molecule has 0 amide bonds. The van der Waals surface area contributed by atoms with Crippen molar-refractivity contribution in [2.75, 3.05) is 6.61 Å². The van der Waals surface area contributed by atoms with Crippen molar-refractivity contribution >= 4 is 23.5 Å². The highest BCUT2D eigenvalue weighted by Gasteiger charge is 2.93. The Balaban J connectivity index is 1.43. The molecule has 11 nitrogen and oxygen atoms in total. The molecule has 3 aliphatic carbocycles. The molecule has 11 heteroatoms. The van der Waals surface area contributed by atoms with Gasteiger partial charge >= 0.3 is 11.9 Å². The lowest BCUT2D eigenvalue weighted by Gasteiger charge is -2.64. The SMILES string of the molecule is C[C@@]12C[C@H]3OC(=O)[C@@H]1CO[C@]14O[C@]5(C2C1=O)[C@@](O)(CCC1C4CC(O)[C@@]2(O)CC=CC(=O)[C@]12C)C(=O)O[C@@]35C. The number of hydrogen-bond acceptors (Lipinski definition) is 11. The minimum Gasteiger partial charge on any atom is -0.458 e. The van der Waals surface area contributed by atoms with Gasteiger partial charge in [0, 0.05) is 5.92 Å². The largest absolute Gasteiger partial charge is 0.458 e. The fourth-order valence-electron chi connectivity index (χ4n) is 10.6. The molecule has 39 heavy (non-hydrogen) atoms. The van der Waals surface area contributed by atoms with Gasteiger partial charge in [-0.05, 0) is 63.4 Å². The number of carbonyl (C=O) groups is 4. The molecule has 2 saturated carbocycles. The molecule has 0 aromatic heterocycles. The molecular formula is C28H32O11. The van der Waals surface area contributed by atoms with Crippen LogP contribution in [0.5, 0.6) is 0 Å². The lowest BCUT2D eigenvalue weighted by molar-refractivity contribution is -0.382. The number of aliphatic hydroxyl groups is 3. The van der Waals surface area contributed by atoms with E-state index in [-0.39, 0.29) is 38.7 Å². The Bertz CT molecular complexity index is 1330. The molecule has 4 unspecified atom stereocenters. The molecular weight excluding hydrogens is 512 g/mol. The van der Waals surface area contributed by atoms with Gasteiger partial charge in [0.15, 0.2) is 28.4 Å². The first-order valence-electron chi connectivity index (χ1n) is 13.8. The summed E-state index contributed by atoms with van der Waals surface area (Å²) in [4.78, 5) is 55.5. The minimum absolute atomic E-state index is 0.0207. The van der Waals surface area contributed by atoms with Gasteiger partial charge in [-0.15, -0.1) is 0 Å². The number of allylic oxidation sites excluding steroid dienone is 1. The van der Waals surface area contributed by atoms with Crippen molar-refractivity contribution < 1.29 is 53.4 Å². The number of carbonyl (C=O) groups excluding carboxylic acids is 4. The second kappa shape index (κ2) is 6.49. The van der Waals surface area contributed by atoms with E-state index in [0.29, 0.717) is 0 Å². The van der Waals surface area contributed by atoms with Crippen molar-refractivity contribution in [3.8, 4) is 0 Å². The van der Waals surface area contributed by atoms with Gasteiger partial charge in [-0.25, -0.2) is 4.79 Å². The minimum atomic E-state index is -2.32. The number of ketones is 2. The van der Waals surface area contributed by atoms with Gasteiger partial charge in [-0.3, -0.25) is 14.4 Å². The second-order valence-corrected chi connectivity index (χ2v) is 13.8. The molecule has 5 aliphatic heterocycles. The van der Waals surface area contributed by atoms with Crippen molar-refractivity contribution in [2.24, 2.45) is 34.5 Å². The average Bonchev–Trinajstić information content (AvgIpc) is 3.19. The van der Waals surface area contributed by atoms with Gasteiger partial charge in [-0.2, -0.15) is 0 Å². The summed E-state index contributed by atoms with van der Waals surface area (Å²) in [5.74, 6) is -8.35. The summed E-state index contributed by atoms with van der Waals surface area (Å²) < 4.78 is 24.9. The van der Waals surface area contributed by atoms with E-state index in [2.05, 4.69) is 0 Å². The van der Waals surface area contributed by atoms with Gasteiger partial charge in [-0.1, -0.05) is 13.0 Å². The maximum atomic E-state index is 14.9. The molecule has 5 saturated heterocycles. The number of esters is 2. The molecule has 13 atom stereocenters. The first kappa shape index (κ1) is 24.6. The van der Waals surface area contributed by atoms with Crippen molar-refractivity contribution in [3.63, 3.8) is 0 Å². The Labute approximate surface area is 223 Å². The highest BCUT2D eigenvalue weighted by Crippen LogP contribution is 2.75. The number of Topliss-reactive ketones (excluding diaryl/α,β-unsaturated/α-hetero) is 1. The predicted octanol–water partition coefficient (Wildman–Crippen LogP) is -0.277. The maximum Gasteiger partial charge on any atom is 0.342 e. The van der Waals surface area contributed by atoms with Crippen LogP contribution < -0.4 is 0 Å². The Morgan fingerprint density at radius 1 is 1.05 bits per heavy atom. The number of fused-ring (bicyclic) bond motifs is 5. The van der Waals surface area contributed by atoms with Crippen LogP contribution in [0.2, 0.25) is 0 Å². The molecule has 3 N–H and O–H groups in total. The molecule has 7 fully saturated rings. The fraction of sp³-hybridized carbons (Fsp3) is 0.786. The van der Waals surface area contributed by atoms with Crippen LogP contribution in [-0.2, 0) is 38.1 Å². The first-order chi connectivity index (χ1) is 18.2. The lowest BCUT2D eigenvalue weighted by atomic mass is 9.46. The molecule has 5 bridgehead atoms. The fourth-order valence-corrected chi connectivity index (χ4v) is 10.6. The summed E-state index contributed by atoms with van der Waals surface area (Å²) in [7, 11) is 0. The normalized spacial score (nSPS) is 62.0. The first-order valence-corrected chi connectivity index (χ1v) is 13.8. The summed E-state index contributed by atoms with van der Waals surface area (Å²) in [6.45, 7) is 4.69. The van der Waals surface area contributed by atoms with Crippen LogP contribution in [-0.4, -0.2) is 85.8 Å². The van der Waals surface area contributed by atoms with E-state index in [9.17, 15) is 34.5 Å². The number of aliphatic hydroxyl groups excluding tert-OH is 1. The average molecular weight is 545 g/mol. The van der Waals surface area contributed by atoms with E-state index in [1.54, 1.807) is 20.8 Å². The van der Waals surface area contributed by atoms with Gasteiger partial charge in [0.25, 0.3) is 0 Å². The topological polar surface area (TPSA) is 166 Å². The van der Waals surface area contributed by atoms with Crippen LogP contribution in [0.15, 0.2) is 12.2 Å². The maximum absolute atomic E-state index is 14.9. The van der Waals surface area contributed by atoms with E-state index in [1.165, 1.54) is 12.2 Å². The standard InChI is InChI=1S/C28H32O11/c1-22-10-17-24(3)28-18(22)19(31)27(39-28,36-11-14(22)20(32)37-17)13-9-16(30)25(34)7-4-5-15(29)23(25,2)12(13)6-8-26(28,35)21(33)38-24/h4-5,12-14,16-18,30,34-35H,6-11H2,1-3H3/t12?,13?,14-,16?,17+,18?,22+,23-,24-,25-,26+,27+,28-/m0/s1. The van der Waals surface area contributed by atoms with Gasteiger partial charge in [0.2, 0.25) is 5.79 Å². The third-order valence-electron chi connectivity index (χ3n) is 12.7. The molecule has 2 spiro atoms. The van der Waals surface area contributed by atoms with Crippen LogP contribution in [0.25, 0.3) is 0 Å². The quantitative estimate of drug-likeness (QED) is 0.344. The van der Waals surface area contributed by atoms with E-state index in [0.717, 1.165) is 0 Å². The van der Waals surface area contributed by atoms with E-state index < -0.39 is 98.4 Å². The van der Waals surface area contributed by atoms with Gasteiger partial charge in [0.05, 0.1) is 30.0 Å². The lowest BCUT2D eigenvalue weighted by Crippen LogP contribution is -2.79. The van der Waals surface area contributed by atoms with Crippen LogP contribution in [0.1, 0.15) is 52.9 Å². The number of hydrogen-bond donors (Lipinski definition) is 3. The second-order valence-electron chi connectivity index (χ2n) is 13.8. The number of ether oxygens (including phenoxy) is 4. The van der Waals surface area contributed by atoms with Crippen LogP contribution in [0.4, 0.5) is 0 Å². The molecule has 210 valence electrons. The van der Waals surface area contributed by atoms with E-state index in [4.69, 9.17) is 18.9 Å². The van der Waals surface area contributed by atoms with Crippen LogP contribution in [0.3, 0.4) is 0 Å². The van der Waals surface area contributed by atoms with Gasteiger partial charge in [0.1, 0.15) is 11.7 Å². The third-order valence-corrected chi connectivity index (χ3v) is 12.7. The van der Waals surface area contributed by atoms with E-state index >= 15 is 0 Å². The Morgan fingerprint density at radius 2 is 1.79 bits per heavy atom. The molecule has 5 heterocycles. The third kappa shape index (κ3) is 2.10. The van der Waals surface area contributed by atoms with Crippen LogP contribution in [0, 0.1) is 34.5 Å². The molecule has 8 aliphatic rings. The summed E-state index contributed by atoms with van der Waals surface area (Å²) >= 11 is 0. The van der Waals surface area contributed by atoms with Crippen molar-refractivity contribution in [1.82, 2.24) is 0 Å². The predicted molar refractivity (Wildman–Crippen MR) is 125 cm³/mol. The van der Waals surface area contributed by atoms with Crippen molar-refractivity contribution in [2.45, 2.75) is 93.3 Å². The summed E-state index contributed by atoms with van der Waals surface area (Å²) in [5.41, 5.74) is -10.4. The molecule has 0 aromatic carbocycles. The highest BCUT2D eigenvalue weighted by molar-refractivity contribution is 6.00. The van der Waals surface area contributed by atoms with Crippen LogP contribution >= 0.6 is 0 Å². The van der Waals surface area contributed by atoms with E-state index in [1.807, 2.05) is 0 Å². The highest BCUT2D eigenvalue weighted by atomic mass is 16.8. The smallest absolute Gasteiger partial charge is 0.342 e. The Hall–Kier alpha value is -2.18. The molecule has 8 rings (SSSR count). The molecule has 0 radical (unpaired) electrons. The number of rotatable bonds is 0. The zero-order valence-electron chi connectivity index (χ0n) is 22.0. The summed E-state index contributed by atoms with van der Waals surface area (Å²) in [6, 6.07) is 0. The van der Waals surface area contributed by atoms with Crippen molar-refractivity contribution in [3.05, 3.63) is 12.2 Å². The monoisotopic (exact) mass is 544 g/mol.